The van der Waals surface area contributed by atoms with Crippen molar-refractivity contribution in [3.05, 3.63) is 35.9 Å². The van der Waals surface area contributed by atoms with Crippen molar-refractivity contribution < 1.29 is 9.53 Å². The van der Waals surface area contributed by atoms with E-state index in [9.17, 15) is 4.79 Å². The summed E-state index contributed by atoms with van der Waals surface area (Å²) in [6.45, 7) is 3.60. The van der Waals surface area contributed by atoms with Gasteiger partial charge in [-0.2, -0.15) is 0 Å². The average Bonchev–Trinajstić information content (AvgIpc) is 2.43. The summed E-state index contributed by atoms with van der Waals surface area (Å²) >= 11 is 0. The van der Waals surface area contributed by atoms with E-state index in [0.29, 0.717) is 6.54 Å². The fourth-order valence-electron chi connectivity index (χ4n) is 1.91. The van der Waals surface area contributed by atoms with Crippen molar-refractivity contribution in [2.24, 2.45) is 5.92 Å². The van der Waals surface area contributed by atoms with Gasteiger partial charge in [0.1, 0.15) is 0 Å². The molecule has 3 nitrogen and oxygen atoms in total. The van der Waals surface area contributed by atoms with Crippen LogP contribution in [0.2, 0.25) is 0 Å². The van der Waals surface area contributed by atoms with E-state index in [1.807, 2.05) is 18.2 Å². The van der Waals surface area contributed by atoms with Crippen LogP contribution in [0.5, 0.6) is 0 Å². The Kier molecular flexibility index (Phi) is 7.11. The fourth-order valence-corrected chi connectivity index (χ4v) is 1.91. The molecule has 0 heterocycles. The van der Waals surface area contributed by atoms with Crippen LogP contribution in [0, 0.1) is 5.92 Å². The van der Waals surface area contributed by atoms with E-state index < -0.39 is 0 Å². The van der Waals surface area contributed by atoms with Crippen LogP contribution in [0.4, 0.5) is 0 Å². The van der Waals surface area contributed by atoms with E-state index in [-0.39, 0.29) is 11.9 Å². The van der Waals surface area contributed by atoms with Gasteiger partial charge in [-0.3, -0.25) is 4.79 Å². The van der Waals surface area contributed by atoms with Gasteiger partial charge in [-0.05, 0) is 12.0 Å². The van der Waals surface area contributed by atoms with Crippen LogP contribution in [0.25, 0.3) is 0 Å². The molecule has 1 aromatic carbocycles. The van der Waals surface area contributed by atoms with E-state index in [0.717, 1.165) is 25.8 Å². The van der Waals surface area contributed by atoms with Gasteiger partial charge in [-0.15, -0.1) is 0 Å². The molecule has 1 N–H and O–H groups in total. The first kappa shape index (κ1) is 14.7. The molecule has 1 atom stereocenters. The van der Waals surface area contributed by atoms with E-state index in [4.69, 9.17) is 4.74 Å². The molecule has 1 rings (SSSR count). The average molecular weight is 249 g/mol. The second-order valence-electron chi connectivity index (χ2n) is 4.48. The van der Waals surface area contributed by atoms with Crippen LogP contribution in [-0.2, 0) is 16.1 Å². The number of nitrogens with one attached hydrogen (secondary N) is 1. The lowest BCUT2D eigenvalue weighted by Gasteiger charge is -2.15. The number of rotatable bonds is 8. The molecule has 0 amide bonds. The molecule has 0 bridgehead atoms. The topological polar surface area (TPSA) is 38.3 Å². The minimum absolute atomic E-state index is 0.0290. The van der Waals surface area contributed by atoms with Crippen LogP contribution in [0.15, 0.2) is 30.3 Å². The zero-order chi connectivity index (χ0) is 13.2. The van der Waals surface area contributed by atoms with E-state index in [1.165, 1.54) is 12.7 Å². The Morgan fingerprint density at radius 1 is 1.33 bits per heavy atom. The maximum atomic E-state index is 11.6. The normalized spacial score (nSPS) is 12.1. The van der Waals surface area contributed by atoms with Crippen molar-refractivity contribution in [3.63, 3.8) is 0 Å². The maximum Gasteiger partial charge on any atom is 0.309 e. The Labute approximate surface area is 110 Å². The molecule has 0 aliphatic rings. The molecule has 0 saturated heterocycles. The number of ether oxygens (including phenoxy) is 1. The summed E-state index contributed by atoms with van der Waals surface area (Å²) in [7, 11) is 1.46. The predicted molar refractivity (Wildman–Crippen MR) is 73.2 cm³/mol. The Morgan fingerprint density at radius 2 is 2.06 bits per heavy atom. The number of hydrogen-bond donors (Lipinski definition) is 1. The summed E-state index contributed by atoms with van der Waals surface area (Å²) in [5.41, 5.74) is 1.23. The first-order valence-electron chi connectivity index (χ1n) is 6.60. The molecule has 0 spiro atoms. The van der Waals surface area contributed by atoms with Crippen LogP contribution >= 0.6 is 0 Å². The summed E-state index contributed by atoms with van der Waals surface area (Å²) in [6, 6.07) is 10.2. The summed E-state index contributed by atoms with van der Waals surface area (Å²) < 4.78 is 4.83. The zero-order valence-electron chi connectivity index (χ0n) is 11.3. The molecule has 1 unspecified atom stereocenters. The molecule has 18 heavy (non-hydrogen) atoms. The van der Waals surface area contributed by atoms with Gasteiger partial charge in [0.15, 0.2) is 0 Å². The molecule has 0 fully saturated rings. The fraction of sp³-hybridized carbons (Fsp3) is 0.533. The molecule has 0 aromatic heterocycles. The Balaban J connectivity index is 2.35. The second-order valence-corrected chi connectivity index (χ2v) is 4.48. The summed E-state index contributed by atoms with van der Waals surface area (Å²) in [5.74, 6) is -0.136. The van der Waals surface area contributed by atoms with Gasteiger partial charge in [-0.1, -0.05) is 50.1 Å². The first-order valence-corrected chi connectivity index (χ1v) is 6.60. The monoisotopic (exact) mass is 249 g/mol. The summed E-state index contributed by atoms with van der Waals surface area (Å²) in [4.78, 5) is 11.6. The third-order valence-electron chi connectivity index (χ3n) is 3.00. The molecule has 3 heteroatoms. The van der Waals surface area contributed by atoms with E-state index >= 15 is 0 Å². The maximum absolute atomic E-state index is 11.6. The van der Waals surface area contributed by atoms with Crippen LogP contribution in [-0.4, -0.2) is 19.6 Å². The highest BCUT2D eigenvalue weighted by molar-refractivity contribution is 5.72. The van der Waals surface area contributed by atoms with Crippen molar-refractivity contribution in [3.8, 4) is 0 Å². The number of unbranched alkanes of at least 4 members (excludes halogenated alkanes) is 1. The largest absolute Gasteiger partial charge is 0.469 e. The predicted octanol–water partition coefficient (Wildman–Crippen LogP) is 2.76. The minimum atomic E-state index is -0.107. The van der Waals surface area contributed by atoms with Gasteiger partial charge in [0, 0.05) is 13.1 Å². The molecule has 1 aromatic rings. The standard InChI is InChI=1S/C15H23NO2/c1-3-4-10-14(15(17)18-2)12-16-11-13-8-6-5-7-9-13/h5-9,14,16H,3-4,10-12H2,1-2H3. The van der Waals surface area contributed by atoms with Gasteiger partial charge < -0.3 is 10.1 Å². The molecular formula is C15H23NO2. The number of carbonyl (C=O) groups is 1. The SMILES string of the molecule is CCCCC(CNCc1ccccc1)C(=O)OC. The molecule has 0 aliphatic carbocycles. The molecule has 0 saturated carbocycles. The zero-order valence-corrected chi connectivity index (χ0v) is 11.3. The second kappa shape index (κ2) is 8.70. The highest BCUT2D eigenvalue weighted by Gasteiger charge is 2.17. The highest BCUT2D eigenvalue weighted by Crippen LogP contribution is 2.10. The van der Waals surface area contributed by atoms with Gasteiger partial charge in [0.2, 0.25) is 0 Å². The van der Waals surface area contributed by atoms with Crippen LogP contribution in [0.1, 0.15) is 31.7 Å². The number of carbonyl (C=O) groups excluding carboxylic acids is 1. The first-order chi connectivity index (χ1) is 8.77. The van der Waals surface area contributed by atoms with E-state index in [1.54, 1.807) is 0 Å². The van der Waals surface area contributed by atoms with Gasteiger partial charge in [-0.25, -0.2) is 0 Å². The van der Waals surface area contributed by atoms with Crippen LogP contribution < -0.4 is 5.32 Å². The molecule has 100 valence electrons. The molecule has 0 radical (unpaired) electrons. The van der Waals surface area contributed by atoms with E-state index in [2.05, 4.69) is 24.4 Å². The lowest BCUT2D eigenvalue weighted by molar-refractivity contribution is -0.145. The lowest BCUT2D eigenvalue weighted by atomic mass is 10.0. The quantitative estimate of drug-likeness (QED) is 0.720. The Morgan fingerprint density at radius 3 is 2.67 bits per heavy atom. The van der Waals surface area contributed by atoms with Crippen molar-refractivity contribution in [1.29, 1.82) is 0 Å². The summed E-state index contributed by atoms with van der Waals surface area (Å²) in [5, 5.41) is 3.33. The van der Waals surface area contributed by atoms with Gasteiger partial charge in [0.25, 0.3) is 0 Å². The van der Waals surface area contributed by atoms with Crippen LogP contribution in [0.3, 0.4) is 0 Å². The minimum Gasteiger partial charge on any atom is -0.469 e. The van der Waals surface area contributed by atoms with Crippen molar-refractivity contribution >= 4 is 5.97 Å². The third-order valence-corrected chi connectivity index (χ3v) is 3.00. The number of esters is 1. The third kappa shape index (κ3) is 5.32. The van der Waals surface area contributed by atoms with Gasteiger partial charge in [0.05, 0.1) is 13.0 Å². The Bertz CT molecular complexity index is 338. The Hall–Kier alpha value is -1.35. The van der Waals surface area contributed by atoms with Crippen molar-refractivity contribution in [1.82, 2.24) is 5.32 Å². The number of methoxy groups -OCH3 is 1. The summed E-state index contributed by atoms with van der Waals surface area (Å²) in [6.07, 6.45) is 3.06. The smallest absolute Gasteiger partial charge is 0.309 e. The number of hydrogen-bond acceptors (Lipinski definition) is 3. The number of benzene rings is 1. The van der Waals surface area contributed by atoms with Gasteiger partial charge >= 0.3 is 5.97 Å². The lowest BCUT2D eigenvalue weighted by Crippen LogP contribution is -2.29. The molecule has 0 aliphatic heterocycles. The van der Waals surface area contributed by atoms with Crippen molar-refractivity contribution in [2.75, 3.05) is 13.7 Å². The molecular weight excluding hydrogens is 226 g/mol. The highest BCUT2D eigenvalue weighted by atomic mass is 16.5. The van der Waals surface area contributed by atoms with Crippen molar-refractivity contribution in [2.45, 2.75) is 32.7 Å².